The van der Waals surface area contributed by atoms with Crippen LogP contribution in [0.5, 0.6) is 0 Å². The van der Waals surface area contributed by atoms with Crippen molar-refractivity contribution < 1.29 is 20.1 Å². The molecule has 0 aromatic heterocycles. The molecular weight excluding hydrogens is 292 g/mol. The first kappa shape index (κ1) is 17.3. The van der Waals surface area contributed by atoms with E-state index in [1.54, 1.807) is 36.4 Å². The summed E-state index contributed by atoms with van der Waals surface area (Å²) in [5.41, 5.74) is 1.83. The number of carbonyl (C=O) groups excluding carboxylic acids is 1. The Bertz CT molecular complexity index is 624. The van der Waals surface area contributed by atoms with Crippen LogP contribution in [0, 0.1) is 0 Å². The Balaban J connectivity index is 2.14. The third-order valence-electron chi connectivity index (χ3n) is 3.86. The zero-order valence-corrected chi connectivity index (χ0v) is 12.9. The third kappa shape index (κ3) is 4.73. The molecule has 2 aromatic carbocycles. The summed E-state index contributed by atoms with van der Waals surface area (Å²) in [5, 5.41) is 28.9. The van der Waals surface area contributed by atoms with Gasteiger partial charge in [-0.05, 0) is 30.4 Å². The van der Waals surface area contributed by atoms with Gasteiger partial charge in [-0.2, -0.15) is 0 Å². The Labute approximate surface area is 136 Å². The maximum absolute atomic E-state index is 12.6. The Morgan fingerprint density at radius 2 is 1.57 bits per heavy atom. The first-order chi connectivity index (χ1) is 11.1. The van der Waals surface area contributed by atoms with Gasteiger partial charge in [0.05, 0.1) is 6.10 Å². The van der Waals surface area contributed by atoms with Crippen LogP contribution in [-0.4, -0.2) is 33.8 Å². The number of aliphatic hydroxyl groups excluding tert-OH is 3. The molecule has 0 fully saturated rings. The minimum absolute atomic E-state index is 0.0610. The summed E-state index contributed by atoms with van der Waals surface area (Å²) in [6.45, 7) is -0.0610. The van der Waals surface area contributed by atoms with E-state index in [4.69, 9.17) is 5.11 Å². The lowest BCUT2D eigenvalue weighted by atomic mass is 9.93. The number of hydrogen-bond donors (Lipinski definition) is 3. The average molecular weight is 314 g/mol. The van der Waals surface area contributed by atoms with E-state index in [-0.39, 0.29) is 12.4 Å². The van der Waals surface area contributed by atoms with Gasteiger partial charge in [-0.25, -0.2) is 0 Å². The van der Waals surface area contributed by atoms with E-state index >= 15 is 0 Å². The van der Waals surface area contributed by atoms with Gasteiger partial charge in [-0.3, -0.25) is 4.79 Å². The third-order valence-corrected chi connectivity index (χ3v) is 3.86. The van der Waals surface area contributed by atoms with Gasteiger partial charge in [-0.15, -0.1) is 0 Å². The van der Waals surface area contributed by atoms with E-state index in [1.807, 2.05) is 18.2 Å². The standard InChI is InChI=1S/C19H22O4/c20-13-12-16(21)11-10-14-6-4-5-9-17(14)19(23)18(22)15-7-2-1-3-8-15/h1-9,16,18,20-22H,10-13H2. The molecule has 0 saturated carbocycles. The summed E-state index contributed by atoms with van der Waals surface area (Å²) in [5.74, 6) is -0.344. The van der Waals surface area contributed by atoms with Gasteiger partial charge in [-0.1, -0.05) is 54.6 Å². The molecule has 2 atom stereocenters. The average Bonchev–Trinajstić information content (AvgIpc) is 2.60. The second-order valence-electron chi connectivity index (χ2n) is 5.54. The molecule has 4 heteroatoms. The number of carbonyl (C=O) groups is 1. The number of Topliss-reactive ketones (excluding diaryl/α,β-unsaturated/α-hetero) is 1. The molecule has 0 heterocycles. The first-order valence-corrected chi connectivity index (χ1v) is 7.77. The van der Waals surface area contributed by atoms with Gasteiger partial charge < -0.3 is 15.3 Å². The molecular formula is C19H22O4. The van der Waals surface area contributed by atoms with E-state index in [9.17, 15) is 15.0 Å². The summed E-state index contributed by atoms with van der Waals surface area (Å²) in [6, 6.07) is 16.0. The van der Waals surface area contributed by atoms with Gasteiger partial charge >= 0.3 is 0 Å². The van der Waals surface area contributed by atoms with Crippen LogP contribution in [0.4, 0.5) is 0 Å². The van der Waals surface area contributed by atoms with Crippen LogP contribution < -0.4 is 0 Å². The zero-order chi connectivity index (χ0) is 16.7. The largest absolute Gasteiger partial charge is 0.396 e. The number of ketones is 1. The highest BCUT2D eigenvalue weighted by atomic mass is 16.3. The van der Waals surface area contributed by atoms with Crippen molar-refractivity contribution in [1.82, 2.24) is 0 Å². The fourth-order valence-corrected chi connectivity index (χ4v) is 2.53. The highest BCUT2D eigenvalue weighted by Gasteiger charge is 2.21. The topological polar surface area (TPSA) is 77.8 Å². The Morgan fingerprint density at radius 1 is 0.913 bits per heavy atom. The lowest BCUT2D eigenvalue weighted by molar-refractivity contribution is 0.0745. The van der Waals surface area contributed by atoms with Crippen molar-refractivity contribution in [2.45, 2.75) is 31.5 Å². The highest BCUT2D eigenvalue weighted by Crippen LogP contribution is 2.22. The van der Waals surface area contributed by atoms with Crippen LogP contribution >= 0.6 is 0 Å². The van der Waals surface area contributed by atoms with E-state index in [1.165, 1.54) is 0 Å². The number of aryl methyl sites for hydroxylation is 1. The normalized spacial score (nSPS) is 13.5. The molecule has 0 amide bonds. The van der Waals surface area contributed by atoms with E-state index in [2.05, 4.69) is 0 Å². The minimum Gasteiger partial charge on any atom is -0.396 e. The lowest BCUT2D eigenvalue weighted by Gasteiger charge is -2.14. The molecule has 0 aliphatic heterocycles. The van der Waals surface area contributed by atoms with E-state index in [0.717, 1.165) is 5.56 Å². The van der Waals surface area contributed by atoms with Gasteiger partial charge in [0.1, 0.15) is 6.10 Å². The van der Waals surface area contributed by atoms with Crippen molar-refractivity contribution in [3.8, 4) is 0 Å². The number of rotatable bonds is 8. The maximum atomic E-state index is 12.6. The Morgan fingerprint density at radius 3 is 2.26 bits per heavy atom. The van der Waals surface area contributed by atoms with Gasteiger partial charge in [0.25, 0.3) is 0 Å². The molecule has 0 bridgehead atoms. The minimum atomic E-state index is -1.19. The van der Waals surface area contributed by atoms with Crippen molar-refractivity contribution in [3.05, 3.63) is 71.3 Å². The summed E-state index contributed by atoms with van der Waals surface area (Å²) < 4.78 is 0. The number of hydrogen-bond acceptors (Lipinski definition) is 4. The van der Waals surface area contributed by atoms with E-state index < -0.39 is 12.2 Å². The van der Waals surface area contributed by atoms with Gasteiger partial charge in [0.2, 0.25) is 0 Å². The molecule has 3 N–H and O–H groups in total. The van der Waals surface area contributed by atoms with Crippen molar-refractivity contribution in [2.24, 2.45) is 0 Å². The molecule has 0 saturated heterocycles. The highest BCUT2D eigenvalue weighted by molar-refractivity contribution is 6.01. The van der Waals surface area contributed by atoms with Crippen molar-refractivity contribution in [2.75, 3.05) is 6.61 Å². The molecule has 0 aliphatic rings. The van der Waals surface area contributed by atoms with Crippen LogP contribution in [-0.2, 0) is 6.42 Å². The molecule has 23 heavy (non-hydrogen) atoms. The van der Waals surface area contributed by atoms with Crippen LogP contribution in [0.2, 0.25) is 0 Å². The fourth-order valence-electron chi connectivity index (χ4n) is 2.53. The zero-order valence-electron chi connectivity index (χ0n) is 12.9. The lowest BCUT2D eigenvalue weighted by Crippen LogP contribution is -2.16. The summed E-state index contributed by atoms with van der Waals surface area (Å²) >= 11 is 0. The quantitative estimate of drug-likeness (QED) is 0.653. The van der Waals surface area contributed by atoms with Crippen molar-refractivity contribution in [1.29, 1.82) is 0 Å². The van der Waals surface area contributed by atoms with Crippen LogP contribution in [0.25, 0.3) is 0 Å². The van der Waals surface area contributed by atoms with Crippen LogP contribution in [0.1, 0.15) is 40.4 Å². The molecule has 4 nitrogen and oxygen atoms in total. The summed E-state index contributed by atoms with van der Waals surface area (Å²) in [4.78, 5) is 12.6. The molecule has 2 unspecified atom stereocenters. The molecule has 2 aromatic rings. The molecule has 2 rings (SSSR count). The molecule has 122 valence electrons. The molecule has 0 spiro atoms. The second-order valence-corrected chi connectivity index (χ2v) is 5.54. The Hall–Kier alpha value is -2.01. The number of aliphatic hydroxyl groups is 3. The fraction of sp³-hybridized carbons (Fsp3) is 0.316. The Kier molecular flexibility index (Phi) is 6.47. The maximum Gasteiger partial charge on any atom is 0.196 e. The number of benzene rings is 2. The first-order valence-electron chi connectivity index (χ1n) is 7.77. The monoisotopic (exact) mass is 314 g/mol. The molecule has 0 radical (unpaired) electrons. The predicted molar refractivity (Wildman–Crippen MR) is 88.2 cm³/mol. The van der Waals surface area contributed by atoms with Crippen LogP contribution in [0.3, 0.4) is 0 Å². The smallest absolute Gasteiger partial charge is 0.196 e. The van der Waals surface area contributed by atoms with Crippen molar-refractivity contribution in [3.63, 3.8) is 0 Å². The second kappa shape index (κ2) is 8.58. The SMILES string of the molecule is O=C(c1ccccc1CCC(O)CCO)C(O)c1ccccc1. The predicted octanol–water partition coefficient (Wildman–Crippen LogP) is 2.28. The van der Waals surface area contributed by atoms with Gasteiger partial charge in [0.15, 0.2) is 5.78 Å². The van der Waals surface area contributed by atoms with Crippen LogP contribution in [0.15, 0.2) is 54.6 Å². The molecule has 0 aliphatic carbocycles. The summed E-state index contributed by atoms with van der Waals surface area (Å²) in [6.07, 6.45) is -0.485. The van der Waals surface area contributed by atoms with E-state index in [0.29, 0.717) is 30.4 Å². The van der Waals surface area contributed by atoms with Crippen molar-refractivity contribution >= 4 is 5.78 Å². The van der Waals surface area contributed by atoms with Gasteiger partial charge in [0, 0.05) is 12.2 Å². The summed E-state index contributed by atoms with van der Waals surface area (Å²) in [7, 11) is 0.